The third kappa shape index (κ3) is 6.61. The highest BCUT2D eigenvalue weighted by atomic mass is 16.5. The van der Waals surface area contributed by atoms with Gasteiger partial charge in [-0.2, -0.15) is 0 Å². The quantitative estimate of drug-likeness (QED) is 0.359. The molecule has 0 spiro atoms. The molecule has 2 atom stereocenters. The first-order valence-corrected chi connectivity index (χ1v) is 12.1. The van der Waals surface area contributed by atoms with Crippen molar-refractivity contribution in [2.24, 2.45) is 5.92 Å². The number of hydrogen-bond acceptors (Lipinski definition) is 5. The largest absolute Gasteiger partial charge is 0.427 e. The maximum Gasteiger partial charge on any atom is 0.308 e. The molecule has 190 valence electrons. The first-order chi connectivity index (χ1) is 17.8. The molecular weight excluding hydrogens is 470 g/mol. The molecule has 1 fully saturated rings. The molecule has 2 N–H and O–H groups in total. The highest BCUT2D eigenvalue weighted by Crippen LogP contribution is 2.28. The van der Waals surface area contributed by atoms with E-state index >= 15 is 0 Å². The number of carbonyl (C=O) groups is 4. The van der Waals surface area contributed by atoms with Gasteiger partial charge in [-0.1, -0.05) is 48.5 Å². The summed E-state index contributed by atoms with van der Waals surface area (Å²) in [7, 11) is 0. The number of ether oxygens (including phenoxy) is 1. The molecule has 0 radical (unpaired) electrons. The van der Waals surface area contributed by atoms with Gasteiger partial charge in [0.1, 0.15) is 5.75 Å². The molecule has 1 saturated heterocycles. The summed E-state index contributed by atoms with van der Waals surface area (Å²) < 4.78 is 5.02. The number of nitrogens with one attached hydrogen (secondary N) is 2. The second kappa shape index (κ2) is 11.5. The van der Waals surface area contributed by atoms with Gasteiger partial charge >= 0.3 is 5.97 Å². The zero-order valence-corrected chi connectivity index (χ0v) is 20.8. The van der Waals surface area contributed by atoms with Crippen molar-refractivity contribution in [1.82, 2.24) is 10.2 Å². The minimum Gasteiger partial charge on any atom is -0.427 e. The standard InChI is InChI=1S/C29H29N3O5/c1-19(22-7-4-3-5-8-22)32-18-24(16-27(32)34)28(35)30-17-21-11-13-25(14-12-21)31-29(36)23-9-6-10-26(15-23)37-20(2)33/h3-15,19,24H,16-18H2,1-2H3,(H,30,35)(H,31,36). The van der Waals surface area contributed by atoms with E-state index in [2.05, 4.69) is 10.6 Å². The average Bonchev–Trinajstić information content (AvgIpc) is 3.29. The SMILES string of the molecule is CC(=O)Oc1cccc(C(=O)Nc2ccc(CNC(=O)C3CC(=O)N(C(C)c4ccccc4)C3)cc2)c1. The summed E-state index contributed by atoms with van der Waals surface area (Å²) in [5, 5.41) is 5.72. The van der Waals surface area contributed by atoms with Gasteiger partial charge in [0.15, 0.2) is 0 Å². The Kier molecular flexibility index (Phi) is 7.98. The van der Waals surface area contributed by atoms with Crippen LogP contribution in [0.1, 0.15) is 47.8 Å². The van der Waals surface area contributed by atoms with Crippen molar-refractivity contribution in [3.63, 3.8) is 0 Å². The van der Waals surface area contributed by atoms with Crippen LogP contribution in [0.2, 0.25) is 0 Å². The summed E-state index contributed by atoms with van der Waals surface area (Å²) in [6, 6.07) is 23.2. The molecule has 4 rings (SSSR count). The number of hydrogen-bond donors (Lipinski definition) is 2. The predicted octanol–water partition coefficient (Wildman–Crippen LogP) is 4.09. The van der Waals surface area contributed by atoms with Gasteiger partial charge in [-0.05, 0) is 48.4 Å². The van der Waals surface area contributed by atoms with Crippen LogP contribution >= 0.6 is 0 Å². The van der Waals surface area contributed by atoms with Crippen LogP contribution in [0.5, 0.6) is 5.75 Å². The third-order valence-corrected chi connectivity index (χ3v) is 6.32. The molecule has 37 heavy (non-hydrogen) atoms. The Hall–Kier alpha value is -4.46. The fourth-order valence-corrected chi connectivity index (χ4v) is 4.30. The monoisotopic (exact) mass is 499 g/mol. The van der Waals surface area contributed by atoms with E-state index in [0.717, 1.165) is 11.1 Å². The molecule has 0 aliphatic carbocycles. The van der Waals surface area contributed by atoms with Gasteiger partial charge < -0.3 is 20.3 Å². The lowest BCUT2D eigenvalue weighted by atomic mass is 10.1. The van der Waals surface area contributed by atoms with Gasteiger partial charge in [0.25, 0.3) is 5.91 Å². The number of rotatable bonds is 8. The van der Waals surface area contributed by atoms with Crippen molar-refractivity contribution in [3.05, 3.63) is 95.6 Å². The molecule has 2 unspecified atom stereocenters. The maximum atomic E-state index is 12.8. The van der Waals surface area contributed by atoms with E-state index in [-0.39, 0.29) is 36.1 Å². The highest BCUT2D eigenvalue weighted by molar-refractivity contribution is 6.04. The van der Waals surface area contributed by atoms with Crippen molar-refractivity contribution in [3.8, 4) is 5.75 Å². The van der Waals surface area contributed by atoms with Crippen LogP contribution in [-0.2, 0) is 20.9 Å². The molecule has 1 aliphatic rings. The number of nitrogens with zero attached hydrogens (tertiary/aromatic N) is 1. The number of anilines is 1. The Morgan fingerprint density at radius 3 is 2.43 bits per heavy atom. The Balaban J connectivity index is 1.28. The number of benzene rings is 3. The molecule has 3 aromatic carbocycles. The van der Waals surface area contributed by atoms with Crippen molar-refractivity contribution >= 4 is 29.4 Å². The normalized spacial score (nSPS) is 15.7. The van der Waals surface area contributed by atoms with Gasteiger partial charge in [0.2, 0.25) is 11.8 Å². The zero-order valence-electron chi connectivity index (χ0n) is 20.8. The van der Waals surface area contributed by atoms with Gasteiger partial charge in [0, 0.05) is 37.7 Å². The van der Waals surface area contributed by atoms with Crippen molar-refractivity contribution in [1.29, 1.82) is 0 Å². The number of likely N-dealkylation sites (tertiary alicyclic amines) is 1. The van der Waals surface area contributed by atoms with Crippen LogP contribution in [0.15, 0.2) is 78.9 Å². The van der Waals surface area contributed by atoms with Gasteiger partial charge in [-0.25, -0.2) is 0 Å². The molecular formula is C29H29N3O5. The molecule has 8 nitrogen and oxygen atoms in total. The van der Waals surface area contributed by atoms with Crippen LogP contribution < -0.4 is 15.4 Å². The highest BCUT2D eigenvalue weighted by Gasteiger charge is 2.36. The number of esters is 1. The van der Waals surface area contributed by atoms with Gasteiger partial charge in [-0.3, -0.25) is 19.2 Å². The molecule has 8 heteroatoms. The fraction of sp³-hybridized carbons (Fsp3) is 0.241. The molecule has 0 saturated carbocycles. The van der Waals surface area contributed by atoms with E-state index < -0.39 is 5.97 Å². The van der Waals surface area contributed by atoms with E-state index in [1.54, 1.807) is 35.2 Å². The summed E-state index contributed by atoms with van der Waals surface area (Å²) in [6.45, 7) is 3.98. The van der Waals surface area contributed by atoms with Gasteiger partial charge in [-0.15, -0.1) is 0 Å². The zero-order chi connectivity index (χ0) is 26.4. The fourth-order valence-electron chi connectivity index (χ4n) is 4.30. The van der Waals surface area contributed by atoms with Crippen LogP contribution in [0, 0.1) is 5.92 Å². The van der Waals surface area contributed by atoms with Crippen LogP contribution in [0.3, 0.4) is 0 Å². The van der Waals surface area contributed by atoms with Crippen LogP contribution in [0.4, 0.5) is 5.69 Å². The van der Waals surface area contributed by atoms with Crippen molar-refractivity contribution in [2.75, 3.05) is 11.9 Å². The van der Waals surface area contributed by atoms with E-state index in [1.807, 2.05) is 49.4 Å². The number of carbonyl (C=O) groups excluding carboxylic acids is 4. The Labute approximate surface area is 215 Å². The van der Waals surface area contributed by atoms with Crippen LogP contribution in [0.25, 0.3) is 0 Å². The summed E-state index contributed by atoms with van der Waals surface area (Å²) in [4.78, 5) is 50.8. The first kappa shape index (κ1) is 25.6. The molecule has 0 aromatic heterocycles. The van der Waals surface area contributed by atoms with E-state index in [0.29, 0.717) is 30.1 Å². The minimum atomic E-state index is -0.459. The molecule has 3 aromatic rings. The maximum absolute atomic E-state index is 12.8. The smallest absolute Gasteiger partial charge is 0.308 e. The Morgan fingerprint density at radius 1 is 1.00 bits per heavy atom. The molecule has 0 bridgehead atoms. The average molecular weight is 500 g/mol. The third-order valence-electron chi connectivity index (χ3n) is 6.32. The number of amides is 3. The Bertz CT molecular complexity index is 1290. The summed E-state index contributed by atoms with van der Waals surface area (Å²) in [5.74, 6) is -1.06. The Morgan fingerprint density at radius 2 is 1.73 bits per heavy atom. The van der Waals surface area contributed by atoms with E-state index in [9.17, 15) is 19.2 Å². The molecule has 3 amide bonds. The summed E-state index contributed by atoms with van der Waals surface area (Å²) in [5.41, 5.74) is 2.85. The molecule has 1 aliphatic heterocycles. The topological polar surface area (TPSA) is 105 Å². The molecule has 1 heterocycles. The summed E-state index contributed by atoms with van der Waals surface area (Å²) in [6.07, 6.45) is 0.201. The first-order valence-electron chi connectivity index (χ1n) is 12.1. The van der Waals surface area contributed by atoms with Crippen molar-refractivity contribution < 1.29 is 23.9 Å². The van der Waals surface area contributed by atoms with Crippen molar-refractivity contribution in [2.45, 2.75) is 32.9 Å². The lowest BCUT2D eigenvalue weighted by molar-refractivity contribution is -0.132. The lowest BCUT2D eigenvalue weighted by Crippen LogP contribution is -2.33. The van der Waals surface area contributed by atoms with Gasteiger partial charge in [0.05, 0.1) is 12.0 Å². The van der Waals surface area contributed by atoms with Crippen LogP contribution in [-0.4, -0.2) is 35.1 Å². The second-order valence-corrected chi connectivity index (χ2v) is 9.02. The lowest BCUT2D eigenvalue weighted by Gasteiger charge is -2.25. The predicted molar refractivity (Wildman–Crippen MR) is 139 cm³/mol. The minimum absolute atomic E-state index is 0.0185. The summed E-state index contributed by atoms with van der Waals surface area (Å²) >= 11 is 0. The van der Waals surface area contributed by atoms with E-state index in [1.165, 1.54) is 13.0 Å². The van der Waals surface area contributed by atoms with E-state index in [4.69, 9.17) is 4.74 Å². The second-order valence-electron chi connectivity index (χ2n) is 9.02.